The molecule has 0 spiro atoms. The molecule has 1 saturated heterocycles. The summed E-state index contributed by atoms with van der Waals surface area (Å²) >= 11 is 5.24. The zero-order chi connectivity index (χ0) is 13.2. The molecule has 1 fully saturated rings. The van der Waals surface area contributed by atoms with Gasteiger partial charge in [-0.1, -0.05) is 6.42 Å². The number of methoxy groups -OCH3 is 1. The van der Waals surface area contributed by atoms with Gasteiger partial charge in [-0.3, -0.25) is 4.90 Å². The quantitative estimate of drug-likeness (QED) is 0.541. The van der Waals surface area contributed by atoms with Crippen LogP contribution in [0, 0.1) is 0 Å². The van der Waals surface area contributed by atoms with Gasteiger partial charge in [-0.25, -0.2) is 0 Å². The van der Waals surface area contributed by atoms with Gasteiger partial charge < -0.3 is 15.4 Å². The molecule has 1 unspecified atom stereocenters. The fourth-order valence-corrected chi connectivity index (χ4v) is 2.39. The van der Waals surface area contributed by atoms with Gasteiger partial charge in [-0.2, -0.15) is 0 Å². The number of rotatable bonds is 7. The van der Waals surface area contributed by atoms with Crippen LogP contribution in [-0.2, 0) is 4.74 Å². The van der Waals surface area contributed by atoms with E-state index in [2.05, 4.69) is 22.5 Å². The second-order valence-corrected chi connectivity index (χ2v) is 5.34. The van der Waals surface area contributed by atoms with Gasteiger partial charge in [-0.15, -0.1) is 0 Å². The first-order valence-corrected chi connectivity index (χ1v) is 7.39. The molecule has 4 nitrogen and oxygen atoms in total. The molecule has 5 heteroatoms. The molecule has 1 atom stereocenters. The maximum Gasteiger partial charge on any atom is 0.166 e. The summed E-state index contributed by atoms with van der Waals surface area (Å²) in [5, 5.41) is 7.25. The Bertz CT molecular complexity index is 232. The molecule has 0 aromatic heterocycles. The number of nitrogens with zero attached hydrogens (tertiary/aromatic N) is 1. The van der Waals surface area contributed by atoms with E-state index in [0.29, 0.717) is 6.04 Å². The van der Waals surface area contributed by atoms with Gasteiger partial charge in [0.15, 0.2) is 5.11 Å². The monoisotopic (exact) mass is 273 g/mol. The maximum atomic E-state index is 5.24. The first-order chi connectivity index (χ1) is 8.74. The summed E-state index contributed by atoms with van der Waals surface area (Å²) in [4.78, 5) is 2.55. The van der Waals surface area contributed by atoms with Crippen LogP contribution in [0.3, 0.4) is 0 Å². The third kappa shape index (κ3) is 6.52. The molecular formula is C13H27N3OS. The summed E-state index contributed by atoms with van der Waals surface area (Å²) in [5.74, 6) is 0. The Morgan fingerprint density at radius 2 is 2.00 bits per heavy atom. The predicted octanol–water partition coefficient (Wildman–Crippen LogP) is 1.36. The highest BCUT2D eigenvalue weighted by Gasteiger charge is 2.16. The van der Waals surface area contributed by atoms with E-state index in [1.54, 1.807) is 7.11 Å². The van der Waals surface area contributed by atoms with E-state index in [9.17, 15) is 0 Å². The predicted molar refractivity (Wildman–Crippen MR) is 80.0 cm³/mol. The van der Waals surface area contributed by atoms with Crippen LogP contribution in [0.4, 0.5) is 0 Å². The number of piperidine rings is 1. The molecule has 0 saturated carbocycles. The van der Waals surface area contributed by atoms with E-state index in [0.717, 1.165) is 31.2 Å². The third-order valence-corrected chi connectivity index (χ3v) is 3.67. The average Bonchev–Trinajstić information content (AvgIpc) is 2.42. The molecular weight excluding hydrogens is 246 g/mol. The van der Waals surface area contributed by atoms with Crippen molar-refractivity contribution in [2.45, 2.75) is 38.6 Å². The molecule has 0 aromatic rings. The molecule has 1 aliphatic rings. The molecule has 0 bridgehead atoms. The first-order valence-electron chi connectivity index (χ1n) is 6.98. The van der Waals surface area contributed by atoms with E-state index in [4.69, 9.17) is 17.0 Å². The van der Waals surface area contributed by atoms with E-state index in [-0.39, 0.29) is 0 Å². The van der Waals surface area contributed by atoms with Crippen LogP contribution < -0.4 is 10.6 Å². The highest BCUT2D eigenvalue weighted by Crippen LogP contribution is 2.11. The Balaban J connectivity index is 2.05. The van der Waals surface area contributed by atoms with Crippen molar-refractivity contribution in [1.82, 2.24) is 15.5 Å². The molecule has 0 amide bonds. The number of hydrogen-bond acceptors (Lipinski definition) is 3. The molecule has 1 rings (SSSR count). The van der Waals surface area contributed by atoms with Crippen molar-refractivity contribution in [3.8, 4) is 0 Å². The Hall–Kier alpha value is -0.390. The van der Waals surface area contributed by atoms with Crippen molar-refractivity contribution in [2.75, 3.05) is 39.9 Å². The van der Waals surface area contributed by atoms with Crippen molar-refractivity contribution in [2.24, 2.45) is 0 Å². The normalized spacial score (nSPS) is 18.3. The lowest BCUT2D eigenvalue weighted by Gasteiger charge is -2.32. The topological polar surface area (TPSA) is 36.5 Å². The summed E-state index contributed by atoms with van der Waals surface area (Å²) in [5.41, 5.74) is 0. The minimum Gasteiger partial charge on any atom is -0.385 e. The summed E-state index contributed by atoms with van der Waals surface area (Å²) in [7, 11) is 1.72. The van der Waals surface area contributed by atoms with Crippen molar-refractivity contribution in [3.63, 3.8) is 0 Å². The lowest BCUT2D eigenvalue weighted by Crippen LogP contribution is -2.46. The molecule has 0 aromatic carbocycles. The maximum absolute atomic E-state index is 5.24. The minimum absolute atomic E-state index is 0.559. The molecule has 106 valence electrons. The Kier molecular flexibility index (Phi) is 8.29. The summed E-state index contributed by atoms with van der Waals surface area (Å²) in [6.07, 6.45) is 5.05. The van der Waals surface area contributed by atoms with Gasteiger partial charge in [0.1, 0.15) is 0 Å². The van der Waals surface area contributed by atoms with Crippen molar-refractivity contribution < 1.29 is 4.74 Å². The zero-order valence-corrected chi connectivity index (χ0v) is 12.5. The van der Waals surface area contributed by atoms with E-state index < -0.39 is 0 Å². The van der Waals surface area contributed by atoms with Crippen LogP contribution in [0.15, 0.2) is 0 Å². The number of nitrogens with one attached hydrogen (secondary N) is 2. The van der Waals surface area contributed by atoms with Gasteiger partial charge >= 0.3 is 0 Å². The number of thiocarbonyl (C=S) groups is 1. The minimum atomic E-state index is 0.559. The third-order valence-electron chi connectivity index (χ3n) is 3.38. The average molecular weight is 273 g/mol. The van der Waals surface area contributed by atoms with Gasteiger partial charge in [-0.05, 0) is 51.5 Å². The van der Waals surface area contributed by atoms with Crippen LogP contribution in [0.25, 0.3) is 0 Å². The molecule has 1 heterocycles. The van der Waals surface area contributed by atoms with E-state index in [1.165, 1.54) is 32.4 Å². The second-order valence-electron chi connectivity index (χ2n) is 4.93. The Labute approximate surface area is 116 Å². The Morgan fingerprint density at radius 1 is 1.28 bits per heavy atom. The van der Waals surface area contributed by atoms with E-state index in [1.807, 2.05) is 0 Å². The summed E-state index contributed by atoms with van der Waals surface area (Å²) in [6.45, 7) is 7.31. The van der Waals surface area contributed by atoms with E-state index >= 15 is 0 Å². The highest BCUT2D eigenvalue weighted by atomic mass is 32.1. The van der Waals surface area contributed by atoms with Gasteiger partial charge in [0.25, 0.3) is 0 Å². The molecule has 2 N–H and O–H groups in total. The largest absolute Gasteiger partial charge is 0.385 e. The standard InChI is InChI=1S/C13H27N3OS/c1-12(16-8-4-3-5-9-16)11-15-13(18)14-7-6-10-17-2/h12H,3-11H2,1-2H3,(H2,14,15,18). The fraction of sp³-hybridized carbons (Fsp3) is 0.923. The molecule has 0 aliphatic carbocycles. The van der Waals surface area contributed by atoms with Crippen LogP contribution in [0.1, 0.15) is 32.6 Å². The highest BCUT2D eigenvalue weighted by molar-refractivity contribution is 7.80. The molecule has 0 radical (unpaired) electrons. The van der Waals surface area contributed by atoms with Gasteiger partial charge in [0.05, 0.1) is 0 Å². The Morgan fingerprint density at radius 3 is 2.67 bits per heavy atom. The first kappa shape index (κ1) is 15.7. The number of likely N-dealkylation sites (tertiary alicyclic amines) is 1. The summed E-state index contributed by atoms with van der Waals surface area (Å²) < 4.78 is 4.99. The second kappa shape index (κ2) is 9.53. The number of ether oxygens (including phenoxy) is 1. The van der Waals surface area contributed by atoms with Crippen molar-refractivity contribution in [3.05, 3.63) is 0 Å². The zero-order valence-electron chi connectivity index (χ0n) is 11.7. The van der Waals surface area contributed by atoms with Crippen LogP contribution in [0.2, 0.25) is 0 Å². The SMILES string of the molecule is COCCCNC(=S)NCC(C)N1CCCCC1. The molecule has 18 heavy (non-hydrogen) atoms. The fourth-order valence-electron chi connectivity index (χ4n) is 2.21. The van der Waals surface area contributed by atoms with Gasteiger partial charge in [0.2, 0.25) is 0 Å². The van der Waals surface area contributed by atoms with Gasteiger partial charge in [0, 0.05) is 32.8 Å². The smallest absolute Gasteiger partial charge is 0.166 e. The van der Waals surface area contributed by atoms with Crippen molar-refractivity contribution >= 4 is 17.3 Å². The molecule has 1 aliphatic heterocycles. The van der Waals surface area contributed by atoms with Crippen molar-refractivity contribution in [1.29, 1.82) is 0 Å². The lowest BCUT2D eigenvalue weighted by atomic mass is 10.1. The van der Waals surface area contributed by atoms with Crippen LogP contribution in [-0.4, -0.2) is 55.9 Å². The summed E-state index contributed by atoms with van der Waals surface area (Å²) in [6, 6.07) is 0.559. The lowest BCUT2D eigenvalue weighted by molar-refractivity contribution is 0.174. The number of hydrogen-bond donors (Lipinski definition) is 2. The van der Waals surface area contributed by atoms with Crippen LogP contribution in [0.5, 0.6) is 0 Å². The van der Waals surface area contributed by atoms with Crippen LogP contribution >= 0.6 is 12.2 Å².